The van der Waals surface area contributed by atoms with E-state index in [1.54, 1.807) is 54.7 Å². The SMILES string of the molecule is CC(=O)NC(CCCN=C(N)N)C(=O)NC1CCCC(=O)NCCC(C(=O)O)NC(=O)C(Cc2c[nH]c3ccccc23)NC(=O)C(CCCN=C(N)N)NC(=O)C(Cc2ccccc2)NC(=O)C(CCN)NC1=O. The third-order valence-electron chi connectivity index (χ3n) is 11.9. The number of hydrogen-bond donors (Lipinski definition) is 15. The Morgan fingerprint density at radius 2 is 1.30 bits per heavy atom. The highest BCUT2D eigenvalue weighted by Gasteiger charge is 2.35. The number of aliphatic imine (C=N–C) groups is 2. The van der Waals surface area contributed by atoms with Gasteiger partial charge in [0.1, 0.15) is 42.3 Å². The van der Waals surface area contributed by atoms with Crippen molar-refractivity contribution in [2.24, 2.45) is 38.7 Å². The van der Waals surface area contributed by atoms with E-state index in [1.165, 1.54) is 6.92 Å². The number of nitrogens with one attached hydrogen (secondary N) is 9. The molecule has 0 aliphatic carbocycles. The summed E-state index contributed by atoms with van der Waals surface area (Å²) in [6.07, 6.45) is 0.949. The van der Waals surface area contributed by atoms with Crippen molar-refractivity contribution in [3.05, 3.63) is 71.9 Å². The van der Waals surface area contributed by atoms with E-state index in [0.717, 1.165) is 10.9 Å². The maximum Gasteiger partial charge on any atom is 0.326 e. The number of para-hydroxylation sites is 1. The Morgan fingerprint density at radius 3 is 1.95 bits per heavy atom. The van der Waals surface area contributed by atoms with Crippen molar-refractivity contribution in [2.75, 3.05) is 26.2 Å². The fourth-order valence-electron chi connectivity index (χ4n) is 8.09. The summed E-state index contributed by atoms with van der Waals surface area (Å²) in [5.74, 6) is -7.98. The number of nitrogens with two attached hydrogens (primary N) is 5. The number of carbonyl (C=O) groups is 9. The van der Waals surface area contributed by atoms with E-state index in [1.807, 2.05) is 6.07 Å². The lowest BCUT2D eigenvalue weighted by atomic mass is 10.0. The number of H-pyrrole nitrogens is 1. The Balaban J connectivity index is 1.75. The number of carboxylic acids is 1. The van der Waals surface area contributed by atoms with Gasteiger partial charge in [-0.3, -0.25) is 48.3 Å². The van der Waals surface area contributed by atoms with E-state index >= 15 is 0 Å². The molecule has 26 nitrogen and oxygen atoms in total. The molecule has 2 aromatic carbocycles. The summed E-state index contributed by atoms with van der Waals surface area (Å²) in [5, 5.41) is 32.0. The van der Waals surface area contributed by atoms with Crippen LogP contribution in [0, 0.1) is 0 Å². The molecule has 1 aromatic heterocycles. The quantitative estimate of drug-likeness (QED) is 0.0336. The number of nitrogens with zero attached hydrogens (tertiary/aromatic N) is 2. The number of amides is 8. The lowest BCUT2D eigenvalue weighted by molar-refractivity contribution is -0.142. The fourth-order valence-corrected chi connectivity index (χ4v) is 8.09. The molecular formula is C48H70N16O10. The number of aromatic nitrogens is 1. The van der Waals surface area contributed by atoms with Crippen LogP contribution in [0.3, 0.4) is 0 Å². The zero-order chi connectivity index (χ0) is 54.2. The van der Waals surface area contributed by atoms with Crippen molar-refractivity contribution in [3.8, 4) is 0 Å². The van der Waals surface area contributed by atoms with Gasteiger partial charge in [0.2, 0.25) is 47.3 Å². The van der Waals surface area contributed by atoms with Crippen LogP contribution in [0.25, 0.3) is 10.9 Å². The minimum absolute atomic E-state index is 0.0198. The molecule has 74 heavy (non-hydrogen) atoms. The van der Waals surface area contributed by atoms with E-state index in [9.17, 15) is 48.3 Å². The van der Waals surface area contributed by atoms with E-state index in [4.69, 9.17) is 28.7 Å². The van der Waals surface area contributed by atoms with Crippen LogP contribution in [-0.4, -0.2) is 144 Å². The number of carbonyl (C=O) groups excluding carboxylic acids is 8. The zero-order valence-electron chi connectivity index (χ0n) is 41.3. The third kappa shape index (κ3) is 19.7. The lowest BCUT2D eigenvalue weighted by Crippen LogP contribution is -2.60. The van der Waals surface area contributed by atoms with Gasteiger partial charge in [0.25, 0.3) is 0 Å². The highest BCUT2D eigenvalue weighted by atomic mass is 16.4. The van der Waals surface area contributed by atoms with Gasteiger partial charge in [-0.2, -0.15) is 0 Å². The molecule has 0 spiro atoms. The second-order valence-corrected chi connectivity index (χ2v) is 17.7. The van der Waals surface area contributed by atoms with Crippen LogP contribution in [0.1, 0.15) is 75.8 Å². The van der Waals surface area contributed by atoms with E-state index in [2.05, 4.69) is 57.5 Å². The summed E-state index contributed by atoms with van der Waals surface area (Å²) >= 11 is 0. The summed E-state index contributed by atoms with van der Waals surface area (Å²) in [5.41, 5.74) is 29.8. The number of benzene rings is 2. The van der Waals surface area contributed by atoms with Crippen molar-refractivity contribution in [1.29, 1.82) is 0 Å². The predicted molar refractivity (Wildman–Crippen MR) is 274 cm³/mol. The van der Waals surface area contributed by atoms with Crippen LogP contribution in [0.5, 0.6) is 0 Å². The molecule has 0 saturated carbocycles. The Morgan fingerprint density at radius 1 is 0.716 bits per heavy atom. The lowest BCUT2D eigenvalue weighted by Gasteiger charge is -2.28. The molecule has 1 saturated heterocycles. The molecular weight excluding hydrogens is 961 g/mol. The third-order valence-corrected chi connectivity index (χ3v) is 11.9. The number of carboxylic acid groups (broad SMARTS) is 1. The van der Waals surface area contributed by atoms with Crippen LogP contribution in [0.15, 0.2) is 70.8 Å². The topological polar surface area (TPSA) is 441 Å². The first-order valence-corrected chi connectivity index (χ1v) is 24.3. The molecule has 1 fully saturated rings. The highest BCUT2D eigenvalue weighted by molar-refractivity contribution is 5.98. The summed E-state index contributed by atoms with van der Waals surface area (Å²) in [4.78, 5) is 134. The number of aromatic amines is 1. The first-order valence-electron chi connectivity index (χ1n) is 24.3. The molecule has 0 radical (unpaired) electrons. The summed E-state index contributed by atoms with van der Waals surface area (Å²) < 4.78 is 0. The normalized spacial score (nSPS) is 21.2. The first kappa shape index (κ1) is 58.3. The number of aliphatic carboxylic acids is 1. The van der Waals surface area contributed by atoms with Crippen LogP contribution < -0.4 is 71.2 Å². The second-order valence-electron chi connectivity index (χ2n) is 17.7. The molecule has 3 aromatic rings. The summed E-state index contributed by atoms with van der Waals surface area (Å²) in [7, 11) is 0. The minimum atomic E-state index is -1.55. The van der Waals surface area contributed by atoms with Crippen molar-refractivity contribution in [2.45, 2.75) is 120 Å². The van der Waals surface area contributed by atoms with Crippen LogP contribution in [0.2, 0.25) is 0 Å². The van der Waals surface area contributed by atoms with Gasteiger partial charge in [-0.15, -0.1) is 0 Å². The average molecular weight is 1030 g/mol. The Kier molecular flexibility index (Phi) is 23.6. The predicted octanol–water partition coefficient (Wildman–Crippen LogP) is -3.40. The minimum Gasteiger partial charge on any atom is -0.480 e. The van der Waals surface area contributed by atoms with Crippen LogP contribution in [-0.2, 0) is 56.0 Å². The number of guanidine groups is 2. The van der Waals surface area contributed by atoms with Crippen molar-refractivity contribution in [3.63, 3.8) is 0 Å². The van der Waals surface area contributed by atoms with Crippen molar-refractivity contribution >= 4 is 76.0 Å². The van der Waals surface area contributed by atoms with Gasteiger partial charge in [-0.05, 0) is 75.1 Å². The molecule has 26 heteroatoms. The summed E-state index contributed by atoms with van der Waals surface area (Å²) in [6, 6.07) is 6.12. The molecule has 402 valence electrons. The molecule has 7 unspecified atom stereocenters. The maximum atomic E-state index is 14.5. The van der Waals surface area contributed by atoms with Crippen LogP contribution in [0.4, 0.5) is 0 Å². The van der Waals surface area contributed by atoms with Gasteiger partial charge < -0.3 is 81.3 Å². The summed E-state index contributed by atoms with van der Waals surface area (Å²) in [6.45, 7) is 1.02. The molecule has 8 amide bonds. The van der Waals surface area contributed by atoms with Gasteiger partial charge in [0.05, 0.1) is 0 Å². The van der Waals surface area contributed by atoms with Gasteiger partial charge >= 0.3 is 5.97 Å². The monoisotopic (exact) mass is 1030 g/mol. The molecule has 7 atom stereocenters. The molecule has 2 heterocycles. The molecule has 1 aliphatic heterocycles. The second kappa shape index (κ2) is 29.9. The van der Waals surface area contributed by atoms with Gasteiger partial charge in [-0.25, -0.2) is 4.79 Å². The molecule has 0 bridgehead atoms. The fraction of sp³-hybridized carbons (Fsp3) is 0.479. The molecule has 20 N–H and O–H groups in total. The van der Waals surface area contributed by atoms with Gasteiger partial charge in [0, 0.05) is 62.9 Å². The maximum absolute atomic E-state index is 14.5. The number of hydrogen-bond acceptors (Lipinski definition) is 12. The Labute approximate surface area is 427 Å². The molecule has 4 rings (SSSR count). The largest absolute Gasteiger partial charge is 0.480 e. The first-order chi connectivity index (χ1) is 35.3. The zero-order valence-corrected chi connectivity index (χ0v) is 41.3. The number of fused-ring (bicyclic) bond motifs is 1. The Hall–Kier alpha value is -8.29. The van der Waals surface area contributed by atoms with Gasteiger partial charge in [0.15, 0.2) is 11.9 Å². The van der Waals surface area contributed by atoms with Crippen molar-refractivity contribution in [1.82, 2.24) is 47.5 Å². The highest BCUT2D eigenvalue weighted by Crippen LogP contribution is 2.20. The molecule has 1 aliphatic rings. The van der Waals surface area contributed by atoms with Gasteiger partial charge in [-0.1, -0.05) is 48.5 Å². The Bertz CT molecular complexity index is 2480. The van der Waals surface area contributed by atoms with Crippen LogP contribution >= 0.6 is 0 Å². The van der Waals surface area contributed by atoms with E-state index < -0.39 is 95.5 Å². The smallest absolute Gasteiger partial charge is 0.326 e. The average Bonchev–Trinajstić information content (AvgIpc) is 3.76. The van der Waals surface area contributed by atoms with E-state index in [-0.39, 0.29) is 109 Å². The van der Waals surface area contributed by atoms with Crippen molar-refractivity contribution < 1.29 is 48.3 Å². The standard InChI is InChI=1S/C48H70N16O10/c1-27(65)58-32(15-8-21-55-47(50)51)40(67)59-33-14-7-17-39(66)54-23-19-36(46(73)74)62-45(72)38(25-29-26-57-31-13-6-5-12-30(29)31)64-42(69)34(16-9-22-56-48(52)53)60-44(71)37(24-28-10-3-2-4-11-28)63-43(70)35(18-20-49)61-41(33)68/h2-6,10-13,26,32-38,57H,7-9,14-25,49H2,1H3,(H,54,66)(H,58,65)(H,59,67)(H,60,71)(H,61,68)(H,62,72)(H,63,70)(H,64,69)(H,73,74)(H4,50,51,55)(H4,52,53,56). The number of rotatable bonds is 18. The van der Waals surface area contributed by atoms with E-state index in [0.29, 0.717) is 11.1 Å².